The molecule has 0 spiro atoms. The Morgan fingerprint density at radius 3 is 1.91 bits per heavy atom. The van der Waals surface area contributed by atoms with E-state index in [9.17, 15) is 19.5 Å². The van der Waals surface area contributed by atoms with Crippen LogP contribution >= 0.6 is 24.0 Å². The predicted octanol–water partition coefficient (Wildman–Crippen LogP) is 0.753. The Kier molecular flexibility index (Phi) is 8.91. The van der Waals surface area contributed by atoms with Gasteiger partial charge >= 0.3 is 17.9 Å². The highest BCUT2D eigenvalue weighted by Gasteiger charge is 2.24. The van der Waals surface area contributed by atoms with Crippen LogP contribution in [0.5, 0.6) is 0 Å². The monoisotopic (exact) mass is 366 g/mol. The molecule has 0 rings (SSSR count). The van der Waals surface area contributed by atoms with Gasteiger partial charge < -0.3 is 26.0 Å². The van der Waals surface area contributed by atoms with E-state index in [-0.39, 0.29) is 28.5 Å². The molecule has 0 amide bonds. The molecule has 132 valence electrons. The number of carbonyl (C=O) groups is 3. The van der Waals surface area contributed by atoms with Gasteiger partial charge in [-0.2, -0.15) is 11.8 Å². The average molecular weight is 366 g/mol. The van der Waals surface area contributed by atoms with E-state index < -0.39 is 30.0 Å². The first-order valence-electron chi connectivity index (χ1n) is 6.80. The van der Waals surface area contributed by atoms with Crippen LogP contribution in [0.25, 0.3) is 0 Å². The number of aliphatic carboxylic acids is 3. The second-order valence-corrected chi connectivity index (χ2v) is 8.01. The van der Waals surface area contributed by atoms with Crippen LogP contribution in [0.2, 0.25) is 0 Å². The molecule has 2 atom stereocenters. The third-order valence-electron chi connectivity index (χ3n) is 2.54. The number of hydrogen-bond acceptors (Lipinski definition) is 5. The minimum atomic E-state index is -1.26. The maximum absolute atomic E-state index is 11.2. The first-order valence-corrected chi connectivity index (χ1v) is 8.20. The molecule has 0 aliphatic heterocycles. The molecule has 0 fully saturated rings. The van der Waals surface area contributed by atoms with E-state index >= 15 is 0 Å². The highest BCUT2D eigenvalue weighted by Crippen LogP contribution is 2.23. The van der Waals surface area contributed by atoms with Gasteiger partial charge in [0.2, 0.25) is 0 Å². The van der Waals surface area contributed by atoms with Crippen molar-refractivity contribution in [1.82, 2.24) is 10.6 Å². The van der Waals surface area contributed by atoms with Gasteiger partial charge in [-0.3, -0.25) is 4.79 Å². The lowest BCUT2D eigenvalue weighted by Gasteiger charge is -2.23. The van der Waals surface area contributed by atoms with Gasteiger partial charge in [-0.15, -0.1) is 0 Å². The minimum absolute atomic E-state index is 0.129. The van der Waals surface area contributed by atoms with Crippen molar-refractivity contribution in [3.8, 4) is 0 Å². The predicted molar refractivity (Wildman–Crippen MR) is 90.8 cm³/mol. The molecular weight excluding hydrogens is 344 g/mol. The van der Waals surface area contributed by atoms with Crippen molar-refractivity contribution in [3.63, 3.8) is 0 Å². The smallest absolute Gasteiger partial charge is 0.327 e. The lowest BCUT2D eigenvalue weighted by molar-refractivity contribution is -0.140. The third-order valence-corrected chi connectivity index (χ3v) is 4.14. The summed E-state index contributed by atoms with van der Waals surface area (Å²) in [6, 6.07) is -2.18. The number of rotatable bonds is 9. The van der Waals surface area contributed by atoms with E-state index in [1.165, 1.54) is 11.8 Å². The lowest BCUT2D eigenvalue weighted by atomic mass is 10.1. The second kappa shape index (κ2) is 9.56. The van der Waals surface area contributed by atoms with Gasteiger partial charge in [0.25, 0.3) is 0 Å². The van der Waals surface area contributed by atoms with E-state index in [0.29, 0.717) is 0 Å². The number of hydrogen-bond donors (Lipinski definition) is 5. The molecule has 0 saturated heterocycles. The molecule has 0 aliphatic rings. The molecule has 0 aromatic carbocycles. The fourth-order valence-electron chi connectivity index (χ4n) is 1.39. The maximum atomic E-state index is 11.2. The molecule has 5 N–H and O–H groups in total. The molecule has 1 unspecified atom stereocenters. The molecule has 0 aromatic heterocycles. The normalized spacial score (nSPS) is 13.7. The highest BCUT2D eigenvalue weighted by molar-refractivity contribution is 8.00. The van der Waals surface area contributed by atoms with Crippen molar-refractivity contribution >= 4 is 47.0 Å². The summed E-state index contributed by atoms with van der Waals surface area (Å²) < 4.78 is -0.129. The molecular formula is C13H22N2O6S2. The highest BCUT2D eigenvalue weighted by atomic mass is 32.2. The molecule has 0 bridgehead atoms. The summed E-state index contributed by atoms with van der Waals surface area (Å²) in [5.74, 6) is -3.25. The fraction of sp³-hybridized carbons (Fsp3) is 0.692. The number of nitrogens with one attached hydrogen (secondary N) is 2. The van der Waals surface area contributed by atoms with Crippen molar-refractivity contribution in [2.45, 2.75) is 50.4 Å². The number of carboxylic acid groups (broad SMARTS) is 3. The van der Waals surface area contributed by atoms with Crippen LogP contribution < -0.4 is 10.6 Å². The van der Waals surface area contributed by atoms with Gasteiger partial charge in [-0.1, -0.05) is 20.8 Å². The molecule has 0 aromatic rings. The Morgan fingerprint density at radius 2 is 1.52 bits per heavy atom. The number of carboxylic acids is 3. The summed E-state index contributed by atoms with van der Waals surface area (Å²) in [5.41, 5.74) is 0. The van der Waals surface area contributed by atoms with Crippen LogP contribution in [0.1, 0.15) is 33.6 Å². The Bertz CT molecular complexity index is 464. The SMILES string of the molecule is CC(C)(C)SC[C@H](NC(=S)NC(CCC(=O)O)C(=O)O)C(=O)O. The van der Waals surface area contributed by atoms with Gasteiger partial charge in [-0.25, -0.2) is 9.59 Å². The van der Waals surface area contributed by atoms with Crippen molar-refractivity contribution in [2.24, 2.45) is 0 Å². The van der Waals surface area contributed by atoms with E-state index in [0.717, 1.165) is 0 Å². The summed E-state index contributed by atoms with van der Waals surface area (Å²) in [6.45, 7) is 5.83. The summed E-state index contributed by atoms with van der Waals surface area (Å²) in [6.07, 6.45) is -0.504. The molecule has 8 nitrogen and oxygen atoms in total. The number of thioether (sulfide) groups is 1. The Hall–Kier alpha value is -1.55. The van der Waals surface area contributed by atoms with Crippen LogP contribution in [-0.4, -0.2) is 60.9 Å². The van der Waals surface area contributed by atoms with Gasteiger partial charge in [0.1, 0.15) is 12.1 Å². The Morgan fingerprint density at radius 1 is 1.04 bits per heavy atom. The van der Waals surface area contributed by atoms with Crippen molar-refractivity contribution in [1.29, 1.82) is 0 Å². The molecule has 10 heteroatoms. The fourth-order valence-corrected chi connectivity index (χ4v) is 2.57. The van der Waals surface area contributed by atoms with Gasteiger partial charge in [0.05, 0.1) is 0 Å². The first-order chi connectivity index (χ1) is 10.4. The molecule has 0 aliphatic carbocycles. The quantitative estimate of drug-likeness (QED) is 0.372. The van der Waals surface area contributed by atoms with Crippen molar-refractivity contribution < 1.29 is 29.7 Å². The molecule has 0 saturated carbocycles. The van der Waals surface area contributed by atoms with Gasteiger partial charge in [-0.05, 0) is 18.6 Å². The standard InChI is InChI=1S/C13H22N2O6S2/c1-13(2,3)23-6-8(11(20)21)15-12(22)14-7(10(18)19)4-5-9(16)17/h7-8H,4-6H2,1-3H3,(H,16,17)(H,18,19)(H,20,21)(H2,14,15,22)/t7?,8-/m0/s1. The topological polar surface area (TPSA) is 136 Å². The maximum Gasteiger partial charge on any atom is 0.327 e. The van der Waals surface area contributed by atoms with Crippen molar-refractivity contribution in [2.75, 3.05) is 5.75 Å². The summed E-state index contributed by atoms with van der Waals surface area (Å²) in [7, 11) is 0. The van der Waals surface area contributed by atoms with Gasteiger partial charge in [0, 0.05) is 16.9 Å². The van der Waals surface area contributed by atoms with Crippen LogP contribution in [0.4, 0.5) is 0 Å². The number of thiocarbonyl (C=S) groups is 1. The van der Waals surface area contributed by atoms with E-state index in [2.05, 4.69) is 10.6 Å². The minimum Gasteiger partial charge on any atom is -0.481 e. The third kappa shape index (κ3) is 10.7. The molecule has 0 heterocycles. The summed E-state index contributed by atoms with van der Waals surface area (Å²) in [5, 5.41) is 31.7. The molecule has 23 heavy (non-hydrogen) atoms. The van der Waals surface area contributed by atoms with E-state index in [4.69, 9.17) is 22.4 Å². The Balaban J connectivity index is 4.62. The van der Waals surface area contributed by atoms with Crippen LogP contribution in [0.3, 0.4) is 0 Å². The zero-order chi connectivity index (χ0) is 18.2. The molecule has 0 radical (unpaired) electrons. The van der Waals surface area contributed by atoms with Gasteiger partial charge in [0.15, 0.2) is 5.11 Å². The summed E-state index contributed by atoms with van der Waals surface area (Å²) >= 11 is 6.35. The Labute approximate surface area is 144 Å². The lowest BCUT2D eigenvalue weighted by Crippen LogP contribution is -2.52. The zero-order valence-corrected chi connectivity index (χ0v) is 14.8. The summed E-state index contributed by atoms with van der Waals surface area (Å²) in [4.78, 5) is 32.8. The second-order valence-electron chi connectivity index (χ2n) is 5.76. The average Bonchev–Trinajstić information content (AvgIpc) is 2.37. The largest absolute Gasteiger partial charge is 0.481 e. The zero-order valence-electron chi connectivity index (χ0n) is 13.2. The van der Waals surface area contributed by atoms with E-state index in [1.54, 1.807) is 0 Å². The van der Waals surface area contributed by atoms with Crippen LogP contribution in [-0.2, 0) is 14.4 Å². The van der Waals surface area contributed by atoms with Crippen molar-refractivity contribution in [3.05, 3.63) is 0 Å². The van der Waals surface area contributed by atoms with E-state index in [1.807, 2.05) is 20.8 Å². The van der Waals surface area contributed by atoms with Crippen LogP contribution in [0.15, 0.2) is 0 Å². The first kappa shape index (κ1) is 21.4. The van der Waals surface area contributed by atoms with Crippen LogP contribution in [0, 0.1) is 0 Å².